The van der Waals surface area contributed by atoms with Gasteiger partial charge in [-0.15, -0.1) is 0 Å². The van der Waals surface area contributed by atoms with Crippen molar-refractivity contribution in [1.82, 2.24) is 10.6 Å². The lowest BCUT2D eigenvalue weighted by Crippen LogP contribution is -2.93. The highest BCUT2D eigenvalue weighted by Gasteiger charge is 2.28. The van der Waals surface area contributed by atoms with Gasteiger partial charge in [-0.25, -0.2) is 4.79 Å². The maximum atomic E-state index is 12.5. The van der Waals surface area contributed by atoms with Crippen molar-refractivity contribution in [3.05, 3.63) is 60.1 Å². The summed E-state index contributed by atoms with van der Waals surface area (Å²) < 4.78 is 5.57. The predicted octanol–water partition coefficient (Wildman–Crippen LogP) is 2.48. The molecule has 0 saturated heterocycles. The normalized spacial score (nSPS) is 17.1. The second-order valence-electron chi connectivity index (χ2n) is 7.18. The third-order valence-corrected chi connectivity index (χ3v) is 5.08. The van der Waals surface area contributed by atoms with Gasteiger partial charge < -0.3 is 15.1 Å². The smallest absolute Gasteiger partial charge is 0.321 e. The Hall–Kier alpha value is -2.60. The van der Waals surface area contributed by atoms with Crippen LogP contribution in [0.15, 0.2) is 53.1 Å². The summed E-state index contributed by atoms with van der Waals surface area (Å²) in [6.07, 6.45) is 7.07. The van der Waals surface area contributed by atoms with Crippen LogP contribution in [-0.4, -0.2) is 24.0 Å². The highest BCUT2D eigenvalue weighted by Crippen LogP contribution is 2.19. The molecule has 0 aliphatic heterocycles. The summed E-state index contributed by atoms with van der Waals surface area (Å²) in [6, 6.07) is 12.8. The number of amides is 3. The fourth-order valence-corrected chi connectivity index (χ4v) is 3.57. The van der Waals surface area contributed by atoms with Crippen LogP contribution in [-0.2, 0) is 4.79 Å². The van der Waals surface area contributed by atoms with E-state index in [9.17, 15) is 9.59 Å². The van der Waals surface area contributed by atoms with E-state index in [0.717, 1.165) is 37.0 Å². The summed E-state index contributed by atoms with van der Waals surface area (Å²) >= 11 is 0. The predicted molar refractivity (Wildman–Crippen MR) is 102 cm³/mol. The molecule has 27 heavy (non-hydrogen) atoms. The number of imide groups is 1. The molecule has 1 fully saturated rings. The van der Waals surface area contributed by atoms with Crippen molar-refractivity contribution in [2.75, 3.05) is 0 Å². The molecule has 3 amide bonds. The van der Waals surface area contributed by atoms with E-state index in [1.165, 1.54) is 6.42 Å². The summed E-state index contributed by atoms with van der Waals surface area (Å²) in [5.74, 6) is 0.461. The lowest BCUT2D eigenvalue weighted by atomic mass is 9.96. The molecular formula is C21H28N3O3+. The molecule has 2 aromatic rings. The Labute approximate surface area is 159 Å². The Morgan fingerprint density at radius 1 is 1.07 bits per heavy atom. The minimum absolute atomic E-state index is 0.150. The standard InChI is InChI=1S/C21H27N3O3/c1-15(20(25)24-21(26)23-17-11-6-3-7-12-17)22-19(18-13-8-14-27-18)16-9-4-2-5-10-16/h2,4-5,8-10,13-15,17,19,22H,3,6-7,11-12H2,1H3,(H2,23,24,25,26)/p+1/t15-,19+/m0/s1. The molecule has 0 unspecified atom stereocenters. The third kappa shape index (κ3) is 5.44. The van der Waals surface area contributed by atoms with E-state index in [4.69, 9.17) is 4.42 Å². The van der Waals surface area contributed by atoms with Crippen molar-refractivity contribution in [3.8, 4) is 0 Å². The molecule has 1 heterocycles. The monoisotopic (exact) mass is 370 g/mol. The van der Waals surface area contributed by atoms with Gasteiger partial charge in [-0.3, -0.25) is 10.1 Å². The Morgan fingerprint density at radius 2 is 1.81 bits per heavy atom. The summed E-state index contributed by atoms with van der Waals surface area (Å²) in [4.78, 5) is 24.6. The second-order valence-corrected chi connectivity index (χ2v) is 7.18. The van der Waals surface area contributed by atoms with Crippen LogP contribution in [0, 0.1) is 0 Å². The van der Waals surface area contributed by atoms with Crippen LogP contribution in [0.3, 0.4) is 0 Å². The molecule has 1 aliphatic rings. The quantitative estimate of drug-likeness (QED) is 0.730. The van der Waals surface area contributed by atoms with Gasteiger partial charge in [0.1, 0.15) is 0 Å². The molecule has 6 heteroatoms. The first kappa shape index (κ1) is 19.2. The Kier molecular flexibility index (Phi) is 6.65. The fourth-order valence-electron chi connectivity index (χ4n) is 3.57. The Morgan fingerprint density at radius 3 is 2.48 bits per heavy atom. The van der Waals surface area contributed by atoms with E-state index in [1.807, 2.05) is 47.8 Å². The third-order valence-electron chi connectivity index (χ3n) is 5.08. The SMILES string of the molecule is C[C@H]([NH2+][C@H](c1ccccc1)c1ccco1)C(=O)NC(=O)NC1CCCCC1. The van der Waals surface area contributed by atoms with Gasteiger partial charge in [-0.2, -0.15) is 0 Å². The van der Waals surface area contributed by atoms with Gasteiger partial charge in [0.2, 0.25) is 0 Å². The van der Waals surface area contributed by atoms with Gasteiger partial charge in [0.25, 0.3) is 5.91 Å². The van der Waals surface area contributed by atoms with E-state index >= 15 is 0 Å². The molecule has 3 rings (SSSR count). The number of nitrogens with one attached hydrogen (secondary N) is 2. The van der Waals surface area contributed by atoms with Crippen LogP contribution in [0.2, 0.25) is 0 Å². The number of hydrogen-bond donors (Lipinski definition) is 3. The van der Waals surface area contributed by atoms with Crippen molar-refractivity contribution in [1.29, 1.82) is 0 Å². The number of hydrogen-bond acceptors (Lipinski definition) is 3. The number of benzene rings is 1. The largest absolute Gasteiger partial charge is 0.463 e. The number of quaternary nitrogens is 1. The first-order valence-electron chi connectivity index (χ1n) is 9.68. The van der Waals surface area contributed by atoms with Gasteiger partial charge in [0.15, 0.2) is 17.8 Å². The van der Waals surface area contributed by atoms with E-state index in [2.05, 4.69) is 10.6 Å². The zero-order chi connectivity index (χ0) is 19.1. The van der Waals surface area contributed by atoms with Crippen LogP contribution in [0.4, 0.5) is 4.79 Å². The number of nitrogens with two attached hydrogens (primary N) is 1. The first-order chi connectivity index (χ1) is 13.1. The van der Waals surface area contributed by atoms with Crippen molar-refractivity contribution < 1.29 is 19.3 Å². The molecule has 144 valence electrons. The van der Waals surface area contributed by atoms with Crippen LogP contribution in [0.1, 0.15) is 56.4 Å². The maximum absolute atomic E-state index is 12.5. The summed E-state index contributed by atoms with van der Waals surface area (Å²) in [6.45, 7) is 1.79. The number of urea groups is 1. The van der Waals surface area contributed by atoms with Crippen LogP contribution < -0.4 is 16.0 Å². The maximum Gasteiger partial charge on any atom is 0.321 e. The van der Waals surface area contributed by atoms with Crippen molar-refractivity contribution in [2.45, 2.75) is 57.2 Å². The average molecular weight is 370 g/mol. The molecular weight excluding hydrogens is 342 g/mol. The van der Waals surface area contributed by atoms with Gasteiger partial charge in [-0.1, -0.05) is 49.6 Å². The molecule has 4 N–H and O–H groups in total. The molecule has 1 aromatic carbocycles. The zero-order valence-electron chi connectivity index (χ0n) is 15.7. The fraction of sp³-hybridized carbons (Fsp3) is 0.429. The first-order valence-corrected chi connectivity index (χ1v) is 9.68. The van der Waals surface area contributed by atoms with Crippen molar-refractivity contribution in [3.63, 3.8) is 0 Å². The van der Waals surface area contributed by atoms with E-state index in [0.29, 0.717) is 0 Å². The molecule has 1 aromatic heterocycles. The molecule has 0 radical (unpaired) electrons. The number of carbonyl (C=O) groups excluding carboxylic acids is 2. The minimum atomic E-state index is -0.447. The summed E-state index contributed by atoms with van der Waals surface area (Å²) in [7, 11) is 0. The van der Waals surface area contributed by atoms with Gasteiger partial charge >= 0.3 is 6.03 Å². The molecule has 0 bridgehead atoms. The zero-order valence-corrected chi connectivity index (χ0v) is 15.7. The van der Waals surface area contributed by atoms with Crippen LogP contribution >= 0.6 is 0 Å². The lowest BCUT2D eigenvalue weighted by molar-refractivity contribution is -0.706. The second kappa shape index (κ2) is 9.37. The van der Waals surface area contributed by atoms with E-state index in [1.54, 1.807) is 13.2 Å². The van der Waals surface area contributed by atoms with Crippen molar-refractivity contribution >= 4 is 11.9 Å². The van der Waals surface area contributed by atoms with Crippen LogP contribution in [0.25, 0.3) is 0 Å². The van der Waals surface area contributed by atoms with Crippen LogP contribution in [0.5, 0.6) is 0 Å². The summed E-state index contributed by atoms with van der Waals surface area (Å²) in [5.41, 5.74) is 1.04. The average Bonchev–Trinajstić information content (AvgIpc) is 3.21. The Balaban J connectivity index is 1.58. The van der Waals surface area contributed by atoms with E-state index in [-0.39, 0.29) is 18.0 Å². The van der Waals surface area contributed by atoms with Crippen molar-refractivity contribution in [2.24, 2.45) is 0 Å². The highest BCUT2D eigenvalue weighted by molar-refractivity contribution is 5.96. The number of furan rings is 1. The molecule has 1 saturated carbocycles. The molecule has 2 atom stereocenters. The minimum Gasteiger partial charge on any atom is -0.463 e. The lowest BCUT2D eigenvalue weighted by Gasteiger charge is -2.23. The summed E-state index contributed by atoms with van der Waals surface area (Å²) in [5, 5.41) is 7.31. The van der Waals surface area contributed by atoms with Gasteiger partial charge in [-0.05, 0) is 31.9 Å². The highest BCUT2D eigenvalue weighted by atomic mass is 16.3. The van der Waals surface area contributed by atoms with E-state index < -0.39 is 12.1 Å². The van der Waals surface area contributed by atoms with Gasteiger partial charge in [0, 0.05) is 11.6 Å². The molecule has 1 aliphatic carbocycles. The number of carbonyl (C=O) groups is 2. The van der Waals surface area contributed by atoms with Gasteiger partial charge in [0.05, 0.1) is 6.26 Å². The molecule has 6 nitrogen and oxygen atoms in total. The molecule has 0 spiro atoms. The number of rotatable bonds is 6. The topological polar surface area (TPSA) is 88.0 Å². The Bertz CT molecular complexity index is 724.